The van der Waals surface area contributed by atoms with E-state index in [0.29, 0.717) is 24.3 Å². The van der Waals surface area contributed by atoms with Crippen LogP contribution in [0, 0.1) is 0 Å². The van der Waals surface area contributed by atoms with E-state index >= 15 is 0 Å². The molecule has 7 heteroatoms. The second-order valence-corrected chi connectivity index (χ2v) is 6.62. The maximum absolute atomic E-state index is 12.8. The van der Waals surface area contributed by atoms with Gasteiger partial charge in [-0.15, -0.1) is 0 Å². The first-order chi connectivity index (χ1) is 13.5. The van der Waals surface area contributed by atoms with Gasteiger partial charge in [0.15, 0.2) is 0 Å². The third kappa shape index (κ3) is 4.55. The third-order valence-electron chi connectivity index (χ3n) is 4.63. The Labute approximate surface area is 163 Å². The summed E-state index contributed by atoms with van der Waals surface area (Å²) in [7, 11) is 1.69. The zero-order valence-electron chi connectivity index (χ0n) is 15.6. The second kappa shape index (κ2) is 8.67. The number of nitrogens with zero attached hydrogens (tertiary/aromatic N) is 2. The van der Waals surface area contributed by atoms with Crippen LogP contribution in [0.5, 0.6) is 0 Å². The van der Waals surface area contributed by atoms with E-state index in [1.807, 2.05) is 30.3 Å². The highest BCUT2D eigenvalue weighted by Crippen LogP contribution is 2.18. The van der Waals surface area contributed by atoms with Gasteiger partial charge in [-0.3, -0.25) is 14.4 Å². The quantitative estimate of drug-likeness (QED) is 0.857. The molecule has 0 aliphatic carbocycles. The van der Waals surface area contributed by atoms with Crippen molar-refractivity contribution in [2.45, 2.75) is 12.5 Å². The number of carboxylic acids is 1. The van der Waals surface area contributed by atoms with Gasteiger partial charge in [0.05, 0.1) is 19.1 Å². The first kappa shape index (κ1) is 19.6. The lowest BCUT2D eigenvalue weighted by Gasteiger charge is -2.32. The minimum Gasteiger partial charge on any atom is -0.481 e. The minimum absolute atomic E-state index is 0.149. The van der Waals surface area contributed by atoms with Crippen LogP contribution >= 0.6 is 0 Å². The lowest BCUT2D eigenvalue weighted by molar-refractivity contribution is -0.141. The van der Waals surface area contributed by atoms with Crippen molar-refractivity contribution in [3.8, 4) is 0 Å². The maximum Gasteiger partial charge on any atom is 0.306 e. The van der Waals surface area contributed by atoms with E-state index in [1.54, 1.807) is 36.2 Å². The van der Waals surface area contributed by atoms with Crippen LogP contribution in [0.1, 0.15) is 27.1 Å². The van der Waals surface area contributed by atoms with E-state index in [-0.39, 0.29) is 24.8 Å². The average Bonchev–Trinajstić information content (AvgIpc) is 2.72. The zero-order valence-corrected chi connectivity index (χ0v) is 15.6. The molecule has 1 saturated heterocycles. The Kier molecular flexibility index (Phi) is 6.06. The van der Waals surface area contributed by atoms with Gasteiger partial charge >= 0.3 is 5.97 Å². The Morgan fingerprint density at radius 1 is 1.11 bits per heavy atom. The number of ether oxygens (including phenoxy) is 1. The number of aliphatic carboxylic acids is 1. The van der Waals surface area contributed by atoms with Crippen molar-refractivity contribution in [1.29, 1.82) is 0 Å². The van der Waals surface area contributed by atoms with Crippen LogP contribution in [0.15, 0.2) is 54.6 Å². The molecule has 1 N–H and O–H groups in total. The van der Waals surface area contributed by atoms with Crippen molar-refractivity contribution in [3.05, 3.63) is 65.7 Å². The summed E-state index contributed by atoms with van der Waals surface area (Å²) in [6.45, 7) is 0.892. The molecule has 1 unspecified atom stereocenters. The number of benzene rings is 2. The lowest BCUT2D eigenvalue weighted by Crippen LogP contribution is -2.46. The van der Waals surface area contributed by atoms with E-state index in [9.17, 15) is 14.4 Å². The van der Waals surface area contributed by atoms with E-state index < -0.39 is 12.1 Å². The molecule has 1 fully saturated rings. The van der Waals surface area contributed by atoms with Gasteiger partial charge in [-0.05, 0) is 30.3 Å². The Morgan fingerprint density at radius 3 is 2.54 bits per heavy atom. The summed E-state index contributed by atoms with van der Waals surface area (Å²) in [5, 5.41) is 8.93. The molecule has 1 aliphatic rings. The van der Waals surface area contributed by atoms with Crippen molar-refractivity contribution in [1.82, 2.24) is 4.90 Å². The van der Waals surface area contributed by atoms with Gasteiger partial charge in [-0.25, -0.2) is 0 Å². The number of morpholine rings is 1. The highest BCUT2D eigenvalue weighted by molar-refractivity contribution is 6.07. The predicted molar refractivity (Wildman–Crippen MR) is 104 cm³/mol. The average molecular weight is 382 g/mol. The highest BCUT2D eigenvalue weighted by Gasteiger charge is 2.27. The number of amides is 2. The number of carboxylic acid groups (broad SMARTS) is 1. The first-order valence-corrected chi connectivity index (χ1v) is 9.01. The number of carbonyl (C=O) groups is 3. The molecule has 0 spiro atoms. The van der Waals surface area contributed by atoms with Gasteiger partial charge in [0.2, 0.25) is 0 Å². The summed E-state index contributed by atoms with van der Waals surface area (Å²) in [5.41, 5.74) is 1.56. The van der Waals surface area contributed by atoms with E-state index in [1.165, 1.54) is 4.90 Å². The molecule has 0 saturated carbocycles. The van der Waals surface area contributed by atoms with Crippen LogP contribution in [0.3, 0.4) is 0 Å². The molecule has 28 heavy (non-hydrogen) atoms. The summed E-state index contributed by atoms with van der Waals surface area (Å²) in [6, 6.07) is 15.8. The fourth-order valence-corrected chi connectivity index (χ4v) is 3.15. The Bertz CT molecular complexity index is 868. The molecule has 1 aliphatic heterocycles. The summed E-state index contributed by atoms with van der Waals surface area (Å²) < 4.78 is 5.41. The van der Waals surface area contributed by atoms with Crippen molar-refractivity contribution in [2.24, 2.45) is 0 Å². The Balaban J connectivity index is 1.74. The molecule has 2 aromatic carbocycles. The molecule has 3 rings (SSSR count). The lowest BCUT2D eigenvalue weighted by atomic mass is 10.1. The van der Waals surface area contributed by atoms with Crippen LogP contribution in [-0.2, 0) is 9.53 Å². The fourth-order valence-electron chi connectivity index (χ4n) is 3.15. The SMILES string of the molecule is CN(C(=O)c1cccc(C(=O)N2CCOC(CC(=O)O)C2)c1)c1ccccc1. The number of hydrogen-bond acceptors (Lipinski definition) is 4. The van der Waals surface area contributed by atoms with Crippen LogP contribution in [0.25, 0.3) is 0 Å². The molecule has 7 nitrogen and oxygen atoms in total. The molecule has 146 valence electrons. The van der Waals surface area contributed by atoms with Crippen LogP contribution in [-0.4, -0.2) is 60.6 Å². The largest absolute Gasteiger partial charge is 0.481 e. The van der Waals surface area contributed by atoms with Gasteiger partial charge in [0.1, 0.15) is 0 Å². The number of anilines is 1. The normalized spacial score (nSPS) is 16.5. The Hall–Kier alpha value is -3.19. The number of rotatable bonds is 5. The monoisotopic (exact) mass is 382 g/mol. The molecule has 1 heterocycles. The summed E-state index contributed by atoms with van der Waals surface area (Å²) >= 11 is 0. The zero-order chi connectivity index (χ0) is 20.1. The van der Waals surface area contributed by atoms with Crippen LogP contribution < -0.4 is 4.90 Å². The number of hydrogen-bond donors (Lipinski definition) is 1. The highest BCUT2D eigenvalue weighted by atomic mass is 16.5. The van der Waals surface area contributed by atoms with Gasteiger partial charge < -0.3 is 19.6 Å². The van der Waals surface area contributed by atoms with Crippen molar-refractivity contribution < 1.29 is 24.2 Å². The van der Waals surface area contributed by atoms with Gasteiger partial charge in [0.25, 0.3) is 11.8 Å². The van der Waals surface area contributed by atoms with Gasteiger partial charge in [-0.1, -0.05) is 24.3 Å². The van der Waals surface area contributed by atoms with E-state index in [2.05, 4.69) is 0 Å². The number of para-hydroxylation sites is 1. The summed E-state index contributed by atoms with van der Waals surface area (Å²) in [5.74, 6) is -1.42. The molecule has 0 bridgehead atoms. The smallest absolute Gasteiger partial charge is 0.306 e. The predicted octanol–water partition coefficient (Wildman–Crippen LogP) is 2.28. The summed E-state index contributed by atoms with van der Waals surface area (Å²) in [4.78, 5) is 39.6. The molecule has 0 radical (unpaired) electrons. The van der Waals surface area contributed by atoms with E-state index in [4.69, 9.17) is 9.84 Å². The summed E-state index contributed by atoms with van der Waals surface area (Å²) in [6.07, 6.45) is -0.672. The molecule has 0 aromatic heterocycles. The first-order valence-electron chi connectivity index (χ1n) is 9.01. The molecule has 1 atom stereocenters. The molecular weight excluding hydrogens is 360 g/mol. The standard InChI is InChI=1S/C21H22N2O5/c1-22(17-8-3-2-4-9-17)20(26)15-6-5-7-16(12-15)21(27)23-10-11-28-18(14-23)13-19(24)25/h2-9,12,18H,10-11,13-14H2,1H3,(H,24,25). The van der Waals surface area contributed by atoms with E-state index in [0.717, 1.165) is 5.69 Å². The van der Waals surface area contributed by atoms with Crippen LogP contribution in [0.2, 0.25) is 0 Å². The van der Waals surface area contributed by atoms with Crippen LogP contribution in [0.4, 0.5) is 5.69 Å². The van der Waals surface area contributed by atoms with Crippen molar-refractivity contribution >= 4 is 23.5 Å². The molecular formula is C21H22N2O5. The second-order valence-electron chi connectivity index (χ2n) is 6.62. The fraction of sp³-hybridized carbons (Fsp3) is 0.286. The molecule has 2 amide bonds. The van der Waals surface area contributed by atoms with Crippen molar-refractivity contribution in [2.75, 3.05) is 31.6 Å². The van der Waals surface area contributed by atoms with Gasteiger partial charge in [0, 0.05) is 37.0 Å². The Morgan fingerprint density at radius 2 is 1.82 bits per heavy atom. The topological polar surface area (TPSA) is 87.2 Å². The molecule has 2 aromatic rings. The minimum atomic E-state index is -0.962. The van der Waals surface area contributed by atoms with Crippen molar-refractivity contribution in [3.63, 3.8) is 0 Å². The van der Waals surface area contributed by atoms with Gasteiger partial charge in [-0.2, -0.15) is 0 Å². The number of carbonyl (C=O) groups excluding carboxylic acids is 2. The maximum atomic E-state index is 12.8. The third-order valence-corrected chi connectivity index (χ3v) is 4.63.